The lowest BCUT2D eigenvalue weighted by Crippen LogP contribution is -2.47. The lowest BCUT2D eigenvalue weighted by atomic mass is 9.94. The monoisotopic (exact) mass is 363 g/mol. The maximum atomic E-state index is 12.4. The zero-order valence-corrected chi connectivity index (χ0v) is 17.4. The van der Waals surface area contributed by atoms with Crippen molar-refractivity contribution in [1.29, 1.82) is 5.41 Å². The van der Waals surface area contributed by atoms with Crippen LogP contribution in [0.3, 0.4) is 0 Å². The van der Waals surface area contributed by atoms with Crippen molar-refractivity contribution in [2.24, 2.45) is 11.8 Å². The van der Waals surface area contributed by atoms with Gasteiger partial charge in [-0.25, -0.2) is 0 Å². The summed E-state index contributed by atoms with van der Waals surface area (Å²) in [5.41, 5.74) is 2.46. The molecule has 0 saturated carbocycles. The highest BCUT2D eigenvalue weighted by Gasteiger charge is 2.22. The van der Waals surface area contributed by atoms with Crippen LogP contribution in [0.25, 0.3) is 0 Å². The maximum absolute atomic E-state index is 12.4. The van der Waals surface area contributed by atoms with Crippen LogP contribution < -0.4 is 10.6 Å². The number of hydrogen-bond donors (Lipinski definition) is 3. The molecule has 0 radical (unpaired) electrons. The first-order valence-corrected chi connectivity index (χ1v) is 9.84. The fraction of sp³-hybridized carbons (Fsp3) is 0.667. The van der Waals surface area contributed by atoms with Gasteiger partial charge in [-0.15, -0.1) is 0 Å². The van der Waals surface area contributed by atoms with E-state index in [-0.39, 0.29) is 29.6 Å². The lowest BCUT2D eigenvalue weighted by molar-refractivity contribution is -0.124. The Morgan fingerprint density at radius 2 is 1.15 bits per heavy atom. The van der Waals surface area contributed by atoms with Gasteiger partial charge < -0.3 is 0 Å². The molecule has 0 spiro atoms. The van der Waals surface area contributed by atoms with Gasteiger partial charge in [0.05, 0.1) is 0 Å². The Kier molecular flexibility index (Phi) is 12.3. The molecule has 0 aliphatic carbocycles. The van der Waals surface area contributed by atoms with E-state index in [4.69, 9.17) is 5.41 Å². The number of nitrogens with one attached hydrogen (secondary N) is 3. The van der Waals surface area contributed by atoms with Crippen molar-refractivity contribution in [2.75, 3.05) is 0 Å². The van der Waals surface area contributed by atoms with Crippen LogP contribution in [0.4, 0.5) is 0 Å². The van der Waals surface area contributed by atoms with Gasteiger partial charge in [0, 0.05) is 11.8 Å². The number of amides is 2. The molecule has 0 aliphatic heterocycles. The summed E-state index contributed by atoms with van der Waals surface area (Å²) in [7, 11) is 0. The average molecular weight is 364 g/mol. The number of carbonyl (C=O) groups is 2. The lowest BCUT2D eigenvalue weighted by Gasteiger charge is -2.19. The van der Waals surface area contributed by atoms with E-state index in [1.807, 2.05) is 39.8 Å². The van der Waals surface area contributed by atoms with Crippen molar-refractivity contribution in [3.63, 3.8) is 0 Å². The Bertz CT molecular complexity index is 489. The molecule has 0 aliphatic rings. The minimum Gasteiger partial charge on any atom is -0.296 e. The molecule has 148 valence electrons. The molecule has 5 heteroatoms. The molecule has 26 heavy (non-hydrogen) atoms. The molecule has 5 nitrogen and oxygen atoms in total. The number of carbonyl (C=O) groups excluding carboxylic acids is 2. The third-order valence-electron chi connectivity index (χ3n) is 4.97. The molecule has 2 amide bonds. The van der Waals surface area contributed by atoms with Gasteiger partial charge in [-0.3, -0.25) is 25.6 Å². The fourth-order valence-corrected chi connectivity index (χ4v) is 2.89. The van der Waals surface area contributed by atoms with Crippen LogP contribution in [0.2, 0.25) is 0 Å². The highest BCUT2D eigenvalue weighted by molar-refractivity contribution is 6.04. The van der Waals surface area contributed by atoms with Crippen LogP contribution in [0.5, 0.6) is 0 Å². The summed E-state index contributed by atoms with van der Waals surface area (Å²) in [5.74, 6) is -1.01. The van der Waals surface area contributed by atoms with Crippen molar-refractivity contribution < 1.29 is 9.59 Å². The first kappa shape index (κ1) is 24.1. The summed E-state index contributed by atoms with van der Waals surface area (Å²) < 4.78 is 0. The van der Waals surface area contributed by atoms with Crippen molar-refractivity contribution in [1.82, 2.24) is 10.6 Å². The smallest absolute Gasteiger partial charge is 0.230 e. The first-order chi connectivity index (χ1) is 12.4. The molecule has 3 N–H and O–H groups in total. The summed E-state index contributed by atoms with van der Waals surface area (Å²) >= 11 is 0. The Morgan fingerprint density at radius 1 is 0.808 bits per heavy atom. The van der Waals surface area contributed by atoms with E-state index in [9.17, 15) is 9.59 Å². The molecule has 2 atom stereocenters. The average Bonchev–Trinajstić information content (AvgIpc) is 2.63. The predicted molar refractivity (Wildman–Crippen MR) is 109 cm³/mol. The van der Waals surface area contributed by atoms with E-state index in [1.165, 1.54) is 11.1 Å². The van der Waals surface area contributed by atoms with Crippen LogP contribution in [0.1, 0.15) is 80.1 Å². The second kappa shape index (κ2) is 13.3. The second-order valence-electron chi connectivity index (χ2n) is 6.57. The van der Waals surface area contributed by atoms with Crippen LogP contribution in [-0.2, 0) is 9.59 Å². The zero-order valence-electron chi connectivity index (χ0n) is 17.4. The van der Waals surface area contributed by atoms with E-state index in [1.54, 1.807) is 0 Å². The third kappa shape index (κ3) is 8.45. The minimum atomic E-state index is -0.228. The first-order valence-electron chi connectivity index (χ1n) is 9.84. The van der Waals surface area contributed by atoms with E-state index >= 15 is 0 Å². The Balaban J connectivity index is 4.74. The van der Waals surface area contributed by atoms with Crippen LogP contribution in [0, 0.1) is 17.2 Å². The molecule has 0 aromatic heterocycles. The fourth-order valence-electron chi connectivity index (χ4n) is 2.89. The quantitative estimate of drug-likeness (QED) is 0.299. The van der Waals surface area contributed by atoms with Gasteiger partial charge in [-0.1, -0.05) is 51.0 Å². The highest BCUT2D eigenvalue weighted by atomic mass is 16.2. The Hall–Kier alpha value is -1.91. The third-order valence-corrected chi connectivity index (χ3v) is 4.97. The van der Waals surface area contributed by atoms with Gasteiger partial charge in [-0.2, -0.15) is 0 Å². The molecule has 0 rings (SSSR count). The van der Waals surface area contributed by atoms with Crippen LogP contribution >= 0.6 is 0 Å². The zero-order chi connectivity index (χ0) is 20.1. The van der Waals surface area contributed by atoms with Crippen LogP contribution in [0.15, 0.2) is 23.3 Å². The molecule has 0 aromatic rings. The van der Waals surface area contributed by atoms with Crippen molar-refractivity contribution in [3.05, 3.63) is 23.3 Å². The number of hydrogen-bond acceptors (Lipinski definition) is 3. The Labute approximate surface area is 159 Å². The van der Waals surface area contributed by atoms with Crippen molar-refractivity contribution >= 4 is 17.8 Å². The standard InChI is InChI=1S/C21H37N3O2/c1-7-15(8-2)13-17(11-5)19(25)23-21(22)24-20(26)18(12-6)14-16(9-3)10-4/h7,9,17-18H,8,10-14H2,1-6H3,(H3,22,23,24,25,26)/t17-,18+. The van der Waals surface area contributed by atoms with E-state index in [2.05, 4.69) is 24.5 Å². The van der Waals surface area contributed by atoms with E-state index in [0.717, 1.165) is 12.8 Å². The SMILES string of the molecule is CC=C(CC)C[C@@H](CC)C(=O)NC(=N)NC(=O)[C@@H](CC)CC(=CC)CC. The number of guanidine groups is 1. The normalized spacial score (nSPS) is 14.5. The molecule has 0 bridgehead atoms. The van der Waals surface area contributed by atoms with E-state index in [0.29, 0.717) is 25.7 Å². The van der Waals surface area contributed by atoms with Gasteiger partial charge in [0.2, 0.25) is 17.8 Å². The maximum Gasteiger partial charge on any atom is 0.230 e. The van der Waals surface area contributed by atoms with Gasteiger partial charge in [0.1, 0.15) is 0 Å². The number of rotatable bonds is 10. The highest BCUT2D eigenvalue weighted by Crippen LogP contribution is 2.19. The van der Waals surface area contributed by atoms with Gasteiger partial charge in [0.15, 0.2) is 0 Å². The van der Waals surface area contributed by atoms with Gasteiger partial charge >= 0.3 is 0 Å². The summed E-state index contributed by atoms with van der Waals surface area (Å²) in [5, 5.41) is 13.0. The summed E-state index contributed by atoms with van der Waals surface area (Å²) in [6.07, 6.45) is 8.69. The Morgan fingerprint density at radius 3 is 1.38 bits per heavy atom. The molecule has 0 unspecified atom stereocenters. The summed E-state index contributed by atoms with van der Waals surface area (Å²) in [6.45, 7) is 12.0. The van der Waals surface area contributed by atoms with Crippen molar-refractivity contribution in [2.45, 2.75) is 80.1 Å². The molecular weight excluding hydrogens is 326 g/mol. The largest absolute Gasteiger partial charge is 0.296 e. The second-order valence-corrected chi connectivity index (χ2v) is 6.57. The molecular formula is C21H37N3O2. The van der Waals surface area contributed by atoms with Gasteiger partial charge in [-0.05, 0) is 52.4 Å². The number of allylic oxidation sites excluding steroid dienone is 4. The summed E-state index contributed by atoms with van der Waals surface area (Å²) in [6, 6.07) is 0. The van der Waals surface area contributed by atoms with Crippen LogP contribution in [-0.4, -0.2) is 17.8 Å². The van der Waals surface area contributed by atoms with Gasteiger partial charge in [0.25, 0.3) is 0 Å². The molecule has 0 heterocycles. The molecule has 0 saturated heterocycles. The minimum absolute atomic E-state index is 0.185. The topological polar surface area (TPSA) is 82.1 Å². The molecule has 0 aromatic carbocycles. The summed E-state index contributed by atoms with van der Waals surface area (Å²) in [4.78, 5) is 24.8. The molecule has 0 fully saturated rings. The predicted octanol–water partition coefficient (Wildman–Crippen LogP) is 4.70. The van der Waals surface area contributed by atoms with Crippen molar-refractivity contribution in [3.8, 4) is 0 Å². The van der Waals surface area contributed by atoms with E-state index < -0.39 is 0 Å².